The second kappa shape index (κ2) is 8.61. The predicted octanol–water partition coefficient (Wildman–Crippen LogP) is 0.500. The number of carbonyl (C=O) groups excluding carboxylic acids is 2. The van der Waals surface area contributed by atoms with E-state index in [1.807, 2.05) is 12.1 Å². The fourth-order valence-corrected chi connectivity index (χ4v) is 4.30. The molecule has 33 heavy (non-hydrogen) atoms. The molecule has 2 aromatic rings. The van der Waals surface area contributed by atoms with Crippen molar-refractivity contribution >= 4 is 11.9 Å². The topological polar surface area (TPSA) is 114 Å². The van der Waals surface area contributed by atoms with Gasteiger partial charge in [-0.2, -0.15) is 0 Å². The van der Waals surface area contributed by atoms with Gasteiger partial charge in [0.05, 0.1) is 24.6 Å². The van der Waals surface area contributed by atoms with Crippen molar-refractivity contribution in [1.29, 1.82) is 0 Å². The number of benzene rings is 2. The van der Waals surface area contributed by atoms with Crippen LogP contribution in [0.5, 0.6) is 0 Å². The first-order valence-electron chi connectivity index (χ1n) is 10.4. The Morgan fingerprint density at radius 1 is 0.758 bits per heavy atom. The second-order valence-corrected chi connectivity index (χ2v) is 7.93. The Morgan fingerprint density at radius 2 is 1.12 bits per heavy atom. The van der Waals surface area contributed by atoms with Gasteiger partial charge in [-0.15, -0.1) is 0 Å². The zero-order valence-corrected chi connectivity index (χ0v) is 18.4. The van der Waals surface area contributed by atoms with E-state index in [1.165, 1.54) is 0 Å². The SMILES string of the molecule is CN1C=C(CO)NC1(C(=O)OC(=O)C1(c2ccccc2)NC(CO)=CN1C)c1ccccc1. The summed E-state index contributed by atoms with van der Waals surface area (Å²) in [5.74, 6) is -1.72. The summed E-state index contributed by atoms with van der Waals surface area (Å²) in [5.41, 5.74) is -1.19. The van der Waals surface area contributed by atoms with E-state index < -0.39 is 23.3 Å². The molecular weight excluding hydrogens is 424 g/mol. The second-order valence-electron chi connectivity index (χ2n) is 7.93. The van der Waals surface area contributed by atoms with Crippen molar-refractivity contribution in [3.8, 4) is 0 Å². The average molecular weight is 450 g/mol. The molecule has 2 atom stereocenters. The van der Waals surface area contributed by atoms with Crippen LogP contribution in [0.25, 0.3) is 0 Å². The van der Waals surface area contributed by atoms with Gasteiger partial charge in [0, 0.05) is 37.6 Å². The first kappa shape index (κ1) is 22.4. The number of hydrogen-bond donors (Lipinski definition) is 4. The summed E-state index contributed by atoms with van der Waals surface area (Å²) < 4.78 is 5.54. The number of hydrogen-bond acceptors (Lipinski definition) is 9. The highest BCUT2D eigenvalue weighted by Gasteiger charge is 2.54. The van der Waals surface area contributed by atoms with Gasteiger partial charge < -0.3 is 35.4 Å². The summed E-state index contributed by atoms with van der Waals surface area (Å²) in [7, 11) is 3.32. The summed E-state index contributed by atoms with van der Waals surface area (Å²) >= 11 is 0. The monoisotopic (exact) mass is 450 g/mol. The van der Waals surface area contributed by atoms with Crippen LogP contribution in [0, 0.1) is 0 Å². The summed E-state index contributed by atoms with van der Waals surface area (Å²) in [6.45, 7) is -0.635. The normalized spacial score (nSPS) is 24.0. The maximum Gasteiger partial charge on any atom is 0.365 e. The van der Waals surface area contributed by atoms with Gasteiger partial charge in [-0.05, 0) is 0 Å². The number of aliphatic hydroxyl groups excluding tert-OH is 2. The number of esters is 2. The van der Waals surface area contributed by atoms with Gasteiger partial charge in [-0.25, -0.2) is 9.59 Å². The molecule has 4 rings (SSSR count). The van der Waals surface area contributed by atoms with Gasteiger partial charge in [0.2, 0.25) is 11.3 Å². The molecule has 0 bridgehead atoms. The number of rotatable bonds is 6. The Labute approximate surface area is 191 Å². The molecule has 2 unspecified atom stereocenters. The molecule has 9 heteroatoms. The van der Waals surface area contributed by atoms with Gasteiger partial charge >= 0.3 is 11.9 Å². The van der Waals surface area contributed by atoms with E-state index in [0.29, 0.717) is 22.5 Å². The third-order valence-corrected chi connectivity index (χ3v) is 5.94. The Hall–Kier alpha value is -3.82. The molecule has 0 aliphatic carbocycles. The van der Waals surface area contributed by atoms with Crippen molar-refractivity contribution in [1.82, 2.24) is 20.4 Å². The van der Waals surface area contributed by atoms with E-state index in [-0.39, 0.29) is 13.2 Å². The third-order valence-electron chi connectivity index (χ3n) is 5.94. The summed E-state index contributed by atoms with van der Waals surface area (Å²) in [6, 6.07) is 17.7. The summed E-state index contributed by atoms with van der Waals surface area (Å²) in [5, 5.41) is 25.4. The third kappa shape index (κ3) is 3.51. The molecule has 0 aromatic heterocycles. The van der Waals surface area contributed by atoms with Crippen molar-refractivity contribution in [2.24, 2.45) is 0 Å². The highest BCUT2D eigenvalue weighted by Crippen LogP contribution is 2.36. The lowest BCUT2D eigenvalue weighted by atomic mass is 9.97. The Kier molecular flexibility index (Phi) is 5.84. The van der Waals surface area contributed by atoms with Crippen LogP contribution in [0.3, 0.4) is 0 Å². The maximum atomic E-state index is 13.7. The van der Waals surface area contributed by atoms with Crippen LogP contribution in [0.2, 0.25) is 0 Å². The Morgan fingerprint density at radius 3 is 1.42 bits per heavy atom. The maximum absolute atomic E-state index is 13.7. The van der Waals surface area contributed by atoms with Crippen LogP contribution in [0.1, 0.15) is 11.1 Å². The fraction of sp³-hybridized carbons (Fsp3) is 0.250. The molecular formula is C24H26N4O5. The number of nitrogens with one attached hydrogen (secondary N) is 2. The highest BCUT2D eigenvalue weighted by atomic mass is 16.6. The molecule has 0 fully saturated rings. The van der Waals surface area contributed by atoms with Crippen molar-refractivity contribution in [2.45, 2.75) is 11.3 Å². The van der Waals surface area contributed by atoms with E-state index >= 15 is 0 Å². The number of aliphatic hydroxyl groups is 2. The molecule has 2 heterocycles. The molecule has 2 aliphatic heterocycles. The lowest BCUT2D eigenvalue weighted by Crippen LogP contribution is -2.59. The van der Waals surface area contributed by atoms with Crippen LogP contribution in [0.15, 0.2) is 84.5 Å². The van der Waals surface area contributed by atoms with Crippen molar-refractivity contribution in [2.75, 3.05) is 27.3 Å². The molecule has 0 amide bonds. The lowest BCUT2D eigenvalue weighted by molar-refractivity contribution is -0.176. The van der Waals surface area contributed by atoms with Crippen molar-refractivity contribution in [3.63, 3.8) is 0 Å². The van der Waals surface area contributed by atoms with E-state index in [9.17, 15) is 19.8 Å². The fourth-order valence-electron chi connectivity index (χ4n) is 4.30. The molecule has 172 valence electrons. The average Bonchev–Trinajstić information content (AvgIpc) is 3.38. The van der Waals surface area contributed by atoms with Crippen LogP contribution < -0.4 is 10.6 Å². The first-order chi connectivity index (χ1) is 15.9. The van der Waals surface area contributed by atoms with E-state index in [2.05, 4.69) is 10.6 Å². The van der Waals surface area contributed by atoms with Crippen molar-refractivity contribution in [3.05, 3.63) is 95.6 Å². The zero-order valence-electron chi connectivity index (χ0n) is 18.4. The largest absolute Gasteiger partial charge is 0.390 e. The minimum atomic E-state index is -1.54. The van der Waals surface area contributed by atoms with E-state index in [1.54, 1.807) is 84.8 Å². The van der Waals surface area contributed by atoms with E-state index in [4.69, 9.17) is 4.74 Å². The molecule has 0 saturated carbocycles. The smallest absolute Gasteiger partial charge is 0.365 e. The number of nitrogens with zero attached hydrogens (tertiary/aromatic N) is 2. The molecule has 0 radical (unpaired) electrons. The number of carbonyl (C=O) groups is 2. The molecule has 2 aliphatic rings. The minimum Gasteiger partial charge on any atom is -0.390 e. The molecule has 2 aromatic carbocycles. The molecule has 0 spiro atoms. The molecule has 4 N–H and O–H groups in total. The lowest BCUT2D eigenvalue weighted by Gasteiger charge is -2.38. The van der Waals surface area contributed by atoms with Gasteiger partial charge in [0.25, 0.3) is 0 Å². The Bertz CT molecular complexity index is 1020. The van der Waals surface area contributed by atoms with E-state index in [0.717, 1.165) is 0 Å². The molecule has 0 saturated heterocycles. The first-order valence-corrected chi connectivity index (χ1v) is 10.4. The van der Waals surface area contributed by atoms with Gasteiger partial charge in [-0.3, -0.25) is 0 Å². The summed E-state index contributed by atoms with van der Waals surface area (Å²) in [6.07, 6.45) is 3.19. The quantitative estimate of drug-likeness (QED) is 0.369. The van der Waals surface area contributed by atoms with Crippen LogP contribution in [-0.4, -0.2) is 59.3 Å². The van der Waals surface area contributed by atoms with Gasteiger partial charge in [0.1, 0.15) is 0 Å². The number of likely N-dealkylation sites (N-methyl/N-ethyl adjacent to an activating group) is 2. The molecule has 9 nitrogen and oxygen atoms in total. The van der Waals surface area contributed by atoms with Gasteiger partial charge in [0.15, 0.2) is 0 Å². The van der Waals surface area contributed by atoms with Crippen LogP contribution in [0.4, 0.5) is 0 Å². The predicted molar refractivity (Wildman–Crippen MR) is 119 cm³/mol. The minimum absolute atomic E-state index is 0.317. The van der Waals surface area contributed by atoms with Crippen LogP contribution >= 0.6 is 0 Å². The van der Waals surface area contributed by atoms with Crippen LogP contribution in [-0.2, 0) is 25.7 Å². The zero-order chi connectivity index (χ0) is 23.6. The standard InChI is InChI=1S/C24H26N4O5/c1-27-13-19(15-29)25-23(27,17-9-5-3-6-10-17)21(31)33-22(32)24(18-11-7-4-8-12-18)26-20(16-30)14-28(24)2/h3-14,25-26,29-30H,15-16H2,1-2H3. The number of ether oxygens (including phenoxy) is 1. The van der Waals surface area contributed by atoms with Gasteiger partial charge in [-0.1, -0.05) is 60.7 Å². The Balaban J connectivity index is 1.72. The highest BCUT2D eigenvalue weighted by molar-refractivity contribution is 5.96. The van der Waals surface area contributed by atoms with Crippen molar-refractivity contribution < 1.29 is 24.5 Å². The summed E-state index contributed by atoms with van der Waals surface area (Å²) in [4.78, 5) is 30.5.